The molecule has 2 radical (unpaired) electrons. The summed E-state index contributed by atoms with van der Waals surface area (Å²) in [5, 5.41) is 2.44. The molecule has 3 N–H and O–H groups in total. The van der Waals surface area contributed by atoms with Gasteiger partial charge in [-0.25, -0.2) is 4.98 Å². The van der Waals surface area contributed by atoms with Gasteiger partial charge in [-0.1, -0.05) is 6.07 Å². The Bertz CT molecular complexity index is 892. The summed E-state index contributed by atoms with van der Waals surface area (Å²) in [5.41, 5.74) is 4.44. The number of nitrogens with two attached hydrogens (primary N) is 1. The number of aryl methyl sites for hydroxylation is 1. The molecule has 2 aromatic rings. The molecule has 0 unspecified atom stereocenters. The van der Waals surface area contributed by atoms with Crippen molar-refractivity contribution in [1.82, 2.24) is 14.9 Å². The van der Waals surface area contributed by atoms with Crippen molar-refractivity contribution in [3.8, 4) is 0 Å². The van der Waals surface area contributed by atoms with Crippen molar-refractivity contribution in [3.63, 3.8) is 0 Å². The maximum Gasteiger partial charge on any atom is 0.263 e. The first kappa shape index (κ1) is 15.3. The third-order valence-electron chi connectivity index (χ3n) is 4.10. The summed E-state index contributed by atoms with van der Waals surface area (Å²) in [6.45, 7) is 1.60. The molecule has 0 spiro atoms. The molecule has 8 heteroatoms. The number of benzene rings is 1. The molecular formula is C15H15BN4O3. The number of nitrogens with zero attached hydrogens (tertiary/aromatic N) is 2. The third-order valence-corrected chi connectivity index (χ3v) is 4.10. The van der Waals surface area contributed by atoms with Crippen LogP contribution in [0.2, 0.25) is 0 Å². The van der Waals surface area contributed by atoms with Crippen LogP contribution in [-0.4, -0.2) is 29.2 Å². The lowest BCUT2D eigenvalue weighted by atomic mass is 9.73. The second kappa shape index (κ2) is 5.22. The van der Waals surface area contributed by atoms with E-state index < -0.39 is 22.8 Å². The molecule has 0 aliphatic carbocycles. The van der Waals surface area contributed by atoms with Gasteiger partial charge in [0, 0.05) is 12.1 Å². The summed E-state index contributed by atoms with van der Waals surface area (Å²) < 4.78 is 1.14. The second-order valence-electron chi connectivity index (χ2n) is 5.70. The normalized spacial score (nSPS) is 22.0. The molecule has 2 heterocycles. The molecule has 1 aromatic carbocycles. The molecule has 1 aliphatic heterocycles. The zero-order valence-corrected chi connectivity index (χ0v) is 12.6. The maximum absolute atomic E-state index is 12.9. The van der Waals surface area contributed by atoms with E-state index in [9.17, 15) is 14.4 Å². The van der Waals surface area contributed by atoms with E-state index in [1.54, 1.807) is 25.1 Å². The van der Waals surface area contributed by atoms with Crippen LogP contribution in [0.15, 0.2) is 23.0 Å². The monoisotopic (exact) mass is 310 g/mol. The number of rotatable bonds is 1. The van der Waals surface area contributed by atoms with Crippen LogP contribution in [0, 0.1) is 6.92 Å². The molecule has 1 atom stereocenters. The van der Waals surface area contributed by atoms with Crippen molar-refractivity contribution >= 4 is 36.3 Å². The minimum absolute atomic E-state index is 0.158. The molecule has 0 bridgehead atoms. The zero-order valence-electron chi connectivity index (χ0n) is 12.6. The fourth-order valence-corrected chi connectivity index (χ4v) is 2.98. The van der Waals surface area contributed by atoms with Crippen LogP contribution in [0.25, 0.3) is 10.9 Å². The van der Waals surface area contributed by atoms with Gasteiger partial charge >= 0.3 is 0 Å². The first-order chi connectivity index (χ1) is 10.8. The number of fused-ring (bicyclic) bond motifs is 1. The van der Waals surface area contributed by atoms with E-state index in [2.05, 4.69) is 10.3 Å². The summed E-state index contributed by atoms with van der Waals surface area (Å²) in [6, 6.07) is 4.96. The van der Waals surface area contributed by atoms with Crippen molar-refractivity contribution in [3.05, 3.63) is 34.4 Å². The van der Waals surface area contributed by atoms with Gasteiger partial charge < -0.3 is 5.73 Å². The highest BCUT2D eigenvalue weighted by Gasteiger charge is 2.39. The van der Waals surface area contributed by atoms with E-state index in [1.807, 2.05) is 0 Å². The Hall–Kier alpha value is -2.64. The fourth-order valence-electron chi connectivity index (χ4n) is 2.98. The van der Waals surface area contributed by atoms with Gasteiger partial charge in [0.2, 0.25) is 11.8 Å². The fraction of sp³-hybridized carbons (Fsp3) is 0.333. The molecule has 1 aliphatic rings. The van der Waals surface area contributed by atoms with Crippen LogP contribution in [0.3, 0.4) is 0 Å². The summed E-state index contributed by atoms with van der Waals surface area (Å²) >= 11 is 0. The number of carbonyl (C=O) groups is 2. The van der Waals surface area contributed by atoms with Gasteiger partial charge in [-0.05, 0) is 31.9 Å². The minimum atomic E-state index is -1.67. The van der Waals surface area contributed by atoms with Crippen LogP contribution in [-0.2, 0) is 15.0 Å². The van der Waals surface area contributed by atoms with Gasteiger partial charge in [-0.3, -0.25) is 24.3 Å². The first-order valence-corrected chi connectivity index (χ1v) is 7.26. The van der Waals surface area contributed by atoms with E-state index in [-0.39, 0.29) is 23.9 Å². The zero-order chi connectivity index (χ0) is 16.8. The molecule has 116 valence electrons. The quantitative estimate of drug-likeness (QED) is 0.436. The predicted molar refractivity (Wildman–Crippen MR) is 85.9 cm³/mol. The highest BCUT2D eigenvalue weighted by molar-refractivity contribution is 6.28. The smallest absolute Gasteiger partial charge is 0.263 e. The number of carbonyl (C=O) groups excluding carboxylic acids is 2. The molecule has 0 saturated carbocycles. The number of imide groups is 1. The standard InChI is InChI=1S/C15H15BN4O3/c1-8-18-10-5-2-4-9(17)12(10)13(22)20(8)15(16)7-3-6-11(21)19-14(15)23/h2,4-5H,3,6-7,17H2,1H3,(H,19,21,23)/t15-/m1/s1. The third kappa shape index (κ3) is 2.30. The largest absolute Gasteiger partial charge is 0.398 e. The van der Waals surface area contributed by atoms with E-state index in [0.29, 0.717) is 17.8 Å². The van der Waals surface area contributed by atoms with Gasteiger partial charge in [0.25, 0.3) is 5.56 Å². The Labute approximate surface area is 133 Å². The van der Waals surface area contributed by atoms with Crippen LogP contribution < -0.4 is 16.6 Å². The topological polar surface area (TPSA) is 107 Å². The Morgan fingerprint density at radius 1 is 1.35 bits per heavy atom. The maximum atomic E-state index is 12.9. The Balaban J connectivity index is 2.31. The lowest BCUT2D eigenvalue weighted by Gasteiger charge is -2.31. The van der Waals surface area contributed by atoms with E-state index in [0.717, 1.165) is 4.57 Å². The minimum Gasteiger partial charge on any atom is -0.398 e. The molecule has 7 nitrogen and oxygen atoms in total. The van der Waals surface area contributed by atoms with E-state index in [4.69, 9.17) is 13.6 Å². The van der Waals surface area contributed by atoms with Crippen molar-refractivity contribution in [1.29, 1.82) is 0 Å². The van der Waals surface area contributed by atoms with Gasteiger partial charge in [-0.15, -0.1) is 0 Å². The van der Waals surface area contributed by atoms with Gasteiger partial charge in [0.05, 0.1) is 16.3 Å². The van der Waals surface area contributed by atoms with Crippen LogP contribution >= 0.6 is 0 Å². The average molecular weight is 310 g/mol. The number of anilines is 1. The Morgan fingerprint density at radius 2 is 2.09 bits per heavy atom. The molecule has 1 saturated heterocycles. The van der Waals surface area contributed by atoms with Crippen molar-refractivity contribution in [2.75, 3.05) is 5.73 Å². The highest BCUT2D eigenvalue weighted by atomic mass is 16.2. The number of nitrogen functional groups attached to an aromatic ring is 1. The van der Waals surface area contributed by atoms with Crippen LogP contribution in [0.5, 0.6) is 0 Å². The van der Waals surface area contributed by atoms with Crippen LogP contribution in [0.1, 0.15) is 25.1 Å². The highest BCUT2D eigenvalue weighted by Crippen LogP contribution is 2.25. The van der Waals surface area contributed by atoms with E-state index in [1.165, 1.54) is 0 Å². The summed E-state index contributed by atoms with van der Waals surface area (Å²) in [4.78, 5) is 41.2. The second-order valence-corrected chi connectivity index (χ2v) is 5.70. The molecule has 23 heavy (non-hydrogen) atoms. The first-order valence-electron chi connectivity index (χ1n) is 7.26. The number of hydrogen-bond donors (Lipinski definition) is 2. The predicted octanol–water partition coefficient (Wildman–Crippen LogP) is -0.0649. The number of nitrogens with one attached hydrogen (secondary N) is 1. The number of amides is 2. The molecule has 3 rings (SSSR count). The summed E-state index contributed by atoms with van der Waals surface area (Å²) in [5.74, 6) is -0.817. The Morgan fingerprint density at radius 3 is 2.83 bits per heavy atom. The number of aromatic nitrogens is 2. The van der Waals surface area contributed by atoms with Gasteiger partial charge in [0.1, 0.15) is 13.7 Å². The van der Waals surface area contributed by atoms with Crippen molar-refractivity contribution < 1.29 is 9.59 Å². The molecule has 1 fully saturated rings. The average Bonchev–Trinajstić information content (AvgIpc) is 2.58. The van der Waals surface area contributed by atoms with Gasteiger partial charge in [-0.2, -0.15) is 0 Å². The number of hydrogen-bond acceptors (Lipinski definition) is 5. The van der Waals surface area contributed by atoms with Crippen molar-refractivity contribution in [2.24, 2.45) is 0 Å². The Kier molecular flexibility index (Phi) is 3.47. The SMILES string of the molecule is [B][C@@]1(n2c(C)nc3cccc(N)c3c2=O)CCCC(=O)NC1=O. The molecule has 2 amide bonds. The summed E-state index contributed by atoms with van der Waals surface area (Å²) in [7, 11) is 6.25. The summed E-state index contributed by atoms with van der Waals surface area (Å²) in [6.07, 6.45) is 0.731. The lowest BCUT2D eigenvalue weighted by molar-refractivity contribution is -0.132. The van der Waals surface area contributed by atoms with E-state index >= 15 is 0 Å². The van der Waals surface area contributed by atoms with Crippen LogP contribution in [0.4, 0.5) is 5.69 Å². The molecule has 1 aromatic heterocycles. The lowest BCUT2D eigenvalue weighted by Crippen LogP contribution is -2.54. The van der Waals surface area contributed by atoms with Crippen molar-refractivity contribution in [2.45, 2.75) is 31.6 Å². The van der Waals surface area contributed by atoms with Gasteiger partial charge in [0.15, 0.2) is 0 Å². The molecular weight excluding hydrogens is 295 g/mol.